The molecule has 0 saturated carbocycles. The van der Waals surface area contributed by atoms with Crippen LogP contribution in [0.25, 0.3) is 0 Å². The maximum atomic E-state index is 9.69. The third-order valence-electron chi connectivity index (χ3n) is 2.53. The molecule has 0 radical (unpaired) electrons. The van der Waals surface area contributed by atoms with Crippen molar-refractivity contribution in [3.63, 3.8) is 0 Å². The smallest absolute Gasteiger partial charge is 0.122 e. The van der Waals surface area contributed by atoms with Gasteiger partial charge in [-0.05, 0) is 38.0 Å². The molecule has 15 heavy (non-hydrogen) atoms. The highest BCUT2D eigenvalue weighted by atomic mass is 16.5. The van der Waals surface area contributed by atoms with Gasteiger partial charge in [0, 0.05) is 6.54 Å². The third kappa shape index (κ3) is 3.22. The number of hydrogen-bond donors (Lipinski definition) is 2. The van der Waals surface area contributed by atoms with Crippen LogP contribution in [0.1, 0.15) is 18.1 Å². The highest BCUT2D eigenvalue weighted by Crippen LogP contribution is 2.21. The average Bonchev–Trinajstić information content (AvgIpc) is 2.20. The summed E-state index contributed by atoms with van der Waals surface area (Å²) >= 11 is 0. The molecule has 1 unspecified atom stereocenters. The molecule has 0 heterocycles. The summed E-state index contributed by atoms with van der Waals surface area (Å²) in [6, 6.07) is 5.87. The second-order valence-corrected chi connectivity index (χ2v) is 4.19. The van der Waals surface area contributed by atoms with Gasteiger partial charge in [-0.3, -0.25) is 0 Å². The van der Waals surface area contributed by atoms with E-state index in [0.717, 1.165) is 11.3 Å². The van der Waals surface area contributed by atoms with Crippen LogP contribution >= 0.6 is 0 Å². The van der Waals surface area contributed by atoms with Crippen LogP contribution < -0.4 is 10.5 Å². The zero-order valence-electron chi connectivity index (χ0n) is 9.58. The van der Waals surface area contributed by atoms with E-state index in [1.54, 1.807) is 6.92 Å². The molecule has 0 spiro atoms. The summed E-state index contributed by atoms with van der Waals surface area (Å²) < 4.78 is 5.54. The van der Waals surface area contributed by atoms with Crippen molar-refractivity contribution >= 4 is 0 Å². The predicted molar refractivity (Wildman–Crippen MR) is 61.1 cm³/mol. The van der Waals surface area contributed by atoms with Crippen LogP contribution in [0, 0.1) is 13.8 Å². The molecule has 3 nitrogen and oxygen atoms in total. The Morgan fingerprint density at radius 1 is 1.40 bits per heavy atom. The van der Waals surface area contributed by atoms with E-state index in [0.29, 0.717) is 0 Å². The van der Waals surface area contributed by atoms with Crippen LogP contribution in [0.5, 0.6) is 5.75 Å². The Morgan fingerprint density at radius 3 is 2.67 bits per heavy atom. The van der Waals surface area contributed by atoms with Crippen LogP contribution in [-0.4, -0.2) is 23.9 Å². The molecule has 1 aromatic rings. The van der Waals surface area contributed by atoms with Crippen molar-refractivity contribution < 1.29 is 9.84 Å². The van der Waals surface area contributed by atoms with E-state index in [2.05, 4.69) is 0 Å². The highest BCUT2D eigenvalue weighted by Gasteiger charge is 2.19. The van der Waals surface area contributed by atoms with Crippen molar-refractivity contribution in [2.75, 3.05) is 13.2 Å². The summed E-state index contributed by atoms with van der Waals surface area (Å²) in [6.07, 6.45) is 0. The maximum Gasteiger partial charge on any atom is 0.122 e. The zero-order valence-corrected chi connectivity index (χ0v) is 9.58. The first-order chi connectivity index (χ1) is 6.96. The quantitative estimate of drug-likeness (QED) is 0.788. The number of hydrogen-bond acceptors (Lipinski definition) is 3. The second-order valence-electron chi connectivity index (χ2n) is 4.19. The van der Waals surface area contributed by atoms with Gasteiger partial charge in [-0.2, -0.15) is 0 Å². The molecule has 0 aromatic heterocycles. The number of rotatable bonds is 4. The number of aryl methyl sites for hydroxylation is 1. The van der Waals surface area contributed by atoms with E-state index >= 15 is 0 Å². The van der Waals surface area contributed by atoms with Crippen LogP contribution in [-0.2, 0) is 0 Å². The van der Waals surface area contributed by atoms with Gasteiger partial charge in [0.1, 0.15) is 18.0 Å². The monoisotopic (exact) mass is 209 g/mol. The molecule has 0 fully saturated rings. The highest BCUT2D eigenvalue weighted by molar-refractivity contribution is 5.38. The average molecular weight is 209 g/mol. The third-order valence-corrected chi connectivity index (χ3v) is 2.53. The van der Waals surface area contributed by atoms with Gasteiger partial charge < -0.3 is 15.6 Å². The van der Waals surface area contributed by atoms with Gasteiger partial charge in [0.2, 0.25) is 0 Å². The first kappa shape index (κ1) is 12.0. The molecule has 0 bridgehead atoms. The fraction of sp³-hybridized carbons (Fsp3) is 0.500. The molecule has 0 aliphatic carbocycles. The molecule has 3 heteroatoms. The lowest BCUT2D eigenvalue weighted by Crippen LogP contribution is -2.40. The fourth-order valence-corrected chi connectivity index (χ4v) is 1.17. The van der Waals surface area contributed by atoms with E-state index in [1.165, 1.54) is 5.56 Å². The van der Waals surface area contributed by atoms with Gasteiger partial charge in [-0.25, -0.2) is 0 Å². The number of nitrogens with two attached hydrogens (primary N) is 1. The molecule has 84 valence electrons. The number of benzene rings is 1. The predicted octanol–water partition coefficient (Wildman–Crippen LogP) is 1.39. The lowest BCUT2D eigenvalue weighted by molar-refractivity contribution is 0.0193. The molecule has 0 aliphatic heterocycles. The number of ether oxygens (including phenoxy) is 1. The van der Waals surface area contributed by atoms with Crippen molar-refractivity contribution in [1.82, 2.24) is 0 Å². The summed E-state index contributed by atoms with van der Waals surface area (Å²) in [5.74, 6) is 0.809. The molecule has 0 aliphatic rings. The topological polar surface area (TPSA) is 55.5 Å². The van der Waals surface area contributed by atoms with E-state index in [9.17, 15) is 5.11 Å². The summed E-state index contributed by atoms with van der Waals surface area (Å²) in [6.45, 7) is 6.11. The summed E-state index contributed by atoms with van der Waals surface area (Å²) in [4.78, 5) is 0. The van der Waals surface area contributed by atoms with Crippen LogP contribution in [0.4, 0.5) is 0 Å². The minimum Gasteiger partial charge on any atom is -0.490 e. The summed E-state index contributed by atoms with van der Waals surface area (Å²) in [5.41, 5.74) is 6.73. The minimum atomic E-state index is -0.962. The molecule has 0 saturated heterocycles. The second kappa shape index (κ2) is 4.64. The van der Waals surface area contributed by atoms with Crippen molar-refractivity contribution in [2.24, 2.45) is 5.73 Å². The summed E-state index contributed by atoms with van der Waals surface area (Å²) in [5, 5.41) is 9.69. The molecule has 0 amide bonds. The Kier molecular flexibility index (Phi) is 3.72. The van der Waals surface area contributed by atoms with Crippen LogP contribution in [0.3, 0.4) is 0 Å². The Bertz CT molecular complexity index is 334. The Hall–Kier alpha value is -1.06. The molecule has 3 N–H and O–H groups in total. The molecule has 1 rings (SSSR count). The zero-order chi connectivity index (χ0) is 11.5. The normalized spacial score (nSPS) is 14.7. The molecular formula is C12H19NO2. The van der Waals surface area contributed by atoms with Gasteiger partial charge in [0.05, 0.1) is 0 Å². The lowest BCUT2D eigenvalue weighted by atomic mass is 10.1. The van der Waals surface area contributed by atoms with E-state index in [-0.39, 0.29) is 13.2 Å². The molecule has 1 atom stereocenters. The first-order valence-electron chi connectivity index (χ1n) is 5.08. The maximum absolute atomic E-state index is 9.69. The largest absolute Gasteiger partial charge is 0.490 e. The fourth-order valence-electron chi connectivity index (χ4n) is 1.17. The van der Waals surface area contributed by atoms with Crippen molar-refractivity contribution in [2.45, 2.75) is 26.4 Å². The number of aliphatic hydroxyl groups is 1. The Morgan fingerprint density at radius 2 is 2.07 bits per heavy atom. The molecular weight excluding hydrogens is 190 g/mol. The first-order valence-corrected chi connectivity index (χ1v) is 5.08. The van der Waals surface area contributed by atoms with Gasteiger partial charge in [-0.15, -0.1) is 0 Å². The van der Waals surface area contributed by atoms with Gasteiger partial charge in [0.25, 0.3) is 0 Å². The Balaban J connectivity index is 2.70. The minimum absolute atomic E-state index is 0.192. The van der Waals surface area contributed by atoms with E-state index in [1.807, 2.05) is 32.0 Å². The van der Waals surface area contributed by atoms with E-state index in [4.69, 9.17) is 10.5 Å². The molecule has 1 aromatic carbocycles. The van der Waals surface area contributed by atoms with Gasteiger partial charge in [-0.1, -0.05) is 12.1 Å². The van der Waals surface area contributed by atoms with Crippen molar-refractivity contribution in [3.8, 4) is 5.75 Å². The lowest BCUT2D eigenvalue weighted by Gasteiger charge is -2.22. The Labute approximate surface area is 90.9 Å². The van der Waals surface area contributed by atoms with Crippen molar-refractivity contribution in [3.05, 3.63) is 29.3 Å². The van der Waals surface area contributed by atoms with Gasteiger partial charge >= 0.3 is 0 Å². The standard InChI is InChI=1S/C12H19NO2/c1-9-5-4-6-11(10(9)2)15-8-12(3,14)7-13/h4-6,14H,7-8,13H2,1-3H3. The van der Waals surface area contributed by atoms with Gasteiger partial charge in [0.15, 0.2) is 0 Å². The van der Waals surface area contributed by atoms with Crippen molar-refractivity contribution in [1.29, 1.82) is 0 Å². The SMILES string of the molecule is Cc1cccc(OCC(C)(O)CN)c1C. The van der Waals surface area contributed by atoms with Crippen LogP contribution in [0.15, 0.2) is 18.2 Å². The van der Waals surface area contributed by atoms with E-state index < -0.39 is 5.60 Å². The summed E-state index contributed by atoms with van der Waals surface area (Å²) in [7, 11) is 0. The van der Waals surface area contributed by atoms with Crippen LogP contribution in [0.2, 0.25) is 0 Å².